The molecule has 0 amide bonds. The fourth-order valence-electron chi connectivity index (χ4n) is 3.45. The van der Waals surface area contributed by atoms with Crippen LogP contribution in [0.5, 0.6) is 11.5 Å². The lowest BCUT2D eigenvalue weighted by Gasteiger charge is -2.25. The van der Waals surface area contributed by atoms with Gasteiger partial charge in [0.15, 0.2) is 0 Å². The number of hydrogen-bond acceptors (Lipinski definition) is 6. The van der Waals surface area contributed by atoms with Crippen molar-refractivity contribution >= 4 is 0 Å². The molecule has 0 saturated heterocycles. The van der Waals surface area contributed by atoms with Gasteiger partial charge in [0.1, 0.15) is 11.5 Å². The lowest BCUT2D eigenvalue weighted by Crippen LogP contribution is -2.30. The van der Waals surface area contributed by atoms with E-state index in [0.717, 1.165) is 11.3 Å². The molecule has 25 heavy (non-hydrogen) atoms. The van der Waals surface area contributed by atoms with Crippen LogP contribution in [0.4, 0.5) is 0 Å². The Balaban J connectivity index is 1.72. The van der Waals surface area contributed by atoms with Gasteiger partial charge in [0, 0.05) is 12.1 Å². The van der Waals surface area contributed by atoms with Gasteiger partial charge in [0.2, 0.25) is 11.7 Å². The second-order valence-corrected chi connectivity index (χ2v) is 6.64. The van der Waals surface area contributed by atoms with Gasteiger partial charge in [-0.25, -0.2) is 0 Å². The van der Waals surface area contributed by atoms with Gasteiger partial charge in [-0.15, -0.1) is 0 Å². The van der Waals surface area contributed by atoms with Crippen LogP contribution in [0.3, 0.4) is 0 Å². The van der Waals surface area contributed by atoms with Crippen molar-refractivity contribution in [2.45, 2.75) is 51.1 Å². The van der Waals surface area contributed by atoms with Crippen molar-refractivity contribution in [2.75, 3.05) is 21.3 Å². The second kappa shape index (κ2) is 8.34. The van der Waals surface area contributed by atoms with E-state index in [-0.39, 0.29) is 0 Å². The van der Waals surface area contributed by atoms with Crippen molar-refractivity contribution in [3.8, 4) is 22.9 Å². The highest BCUT2D eigenvalue weighted by Gasteiger charge is 2.20. The van der Waals surface area contributed by atoms with Gasteiger partial charge in [-0.2, -0.15) is 4.98 Å². The SMILES string of the molecule is COc1ccc(-c2noc(CN(C)C3CCCCCC3)n2)c(OC)c1. The van der Waals surface area contributed by atoms with Crippen molar-refractivity contribution in [1.29, 1.82) is 0 Å². The van der Waals surface area contributed by atoms with E-state index in [1.54, 1.807) is 14.2 Å². The van der Waals surface area contributed by atoms with Crippen molar-refractivity contribution in [3.63, 3.8) is 0 Å². The molecule has 0 N–H and O–H groups in total. The fraction of sp³-hybridized carbons (Fsp3) is 0.579. The average Bonchev–Trinajstić information content (AvgIpc) is 2.92. The number of nitrogens with zero attached hydrogens (tertiary/aromatic N) is 3. The average molecular weight is 345 g/mol. The van der Waals surface area contributed by atoms with Gasteiger partial charge in [0.25, 0.3) is 0 Å². The molecule has 0 bridgehead atoms. The van der Waals surface area contributed by atoms with Gasteiger partial charge in [0.05, 0.1) is 26.3 Å². The first-order chi connectivity index (χ1) is 12.2. The summed E-state index contributed by atoms with van der Waals surface area (Å²) >= 11 is 0. The molecule has 0 spiro atoms. The zero-order valence-corrected chi connectivity index (χ0v) is 15.3. The highest BCUT2D eigenvalue weighted by molar-refractivity contribution is 5.65. The number of hydrogen-bond donors (Lipinski definition) is 0. The zero-order valence-electron chi connectivity index (χ0n) is 15.3. The highest BCUT2D eigenvalue weighted by atomic mass is 16.5. The smallest absolute Gasteiger partial charge is 0.241 e. The molecular weight excluding hydrogens is 318 g/mol. The third-order valence-corrected chi connectivity index (χ3v) is 4.95. The molecule has 2 aromatic rings. The van der Waals surface area contributed by atoms with Crippen molar-refractivity contribution < 1.29 is 14.0 Å². The first-order valence-electron chi connectivity index (χ1n) is 8.96. The first-order valence-corrected chi connectivity index (χ1v) is 8.96. The van der Waals surface area contributed by atoms with Crippen LogP contribution in [-0.2, 0) is 6.54 Å². The van der Waals surface area contributed by atoms with E-state index >= 15 is 0 Å². The normalized spacial score (nSPS) is 16.0. The van der Waals surface area contributed by atoms with E-state index in [2.05, 4.69) is 22.1 Å². The van der Waals surface area contributed by atoms with Gasteiger partial charge in [-0.1, -0.05) is 30.8 Å². The molecule has 0 unspecified atom stereocenters. The summed E-state index contributed by atoms with van der Waals surface area (Å²) in [5.41, 5.74) is 0.801. The van der Waals surface area contributed by atoms with Crippen LogP contribution >= 0.6 is 0 Å². The molecule has 1 aliphatic carbocycles. The second-order valence-electron chi connectivity index (χ2n) is 6.64. The maximum atomic E-state index is 5.48. The van der Waals surface area contributed by atoms with E-state index in [1.165, 1.54) is 38.5 Å². The summed E-state index contributed by atoms with van der Waals surface area (Å²) in [6, 6.07) is 6.18. The molecule has 1 fully saturated rings. The fourth-order valence-corrected chi connectivity index (χ4v) is 3.45. The summed E-state index contributed by atoms with van der Waals surface area (Å²) in [5, 5.41) is 4.13. The minimum absolute atomic E-state index is 0.545. The van der Waals surface area contributed by atoms with E-state index in [9.17, 15) is 0 Å². The predicted octanol–water partition coefficient (Wildman–Crippen LogP) is 3.91. The maximum absolute atomic E-state index is 5.48. The summed E-state index contributed by atoms with van der Waals surface area (Å²) < 4.78 is 16.1. The Hall–Kier alpha value is -2.08. The standard InChI is InChI=1S/C19H27N3O3/c1-22(14-8-6-4-5-7-9-14)13-18-20-19(21-25-18)16-11-10-15(23-2)12-17(16)24-3/h10-12,14H,4-9,13H2,1-3H3. The van der Waals surface area contributed by atoms with Crippen molar-refractivity contribution in [1.82, 2.24) is 15.0 Å². The Morgan fingerprint density at radius 2 is 1.88 bits per heavy atom. The summed E-state index contributed by atoms with van der Waals surface area (Å²) in [6.45, 7) is 0.677. The monoisotopic (exact) mass is 345 g/mol. The van der Waals surface area contributed by atoms with Crippen LogP contribution in [0, 0.1) is 0 Å². The zero-order chi connectivity index (χ0) is 17.6. The topological polar surface area (TPSA) is 60.6 Å². The van der Waals surface area contributed by atoms with Gasteiger partial charge in [-0.3, -0.25) is 4.90 Å². The third kappa shape index (κ3) is 4.31. The Kier molecular flexibility index (Phi) is 5.91. The molecule has 6 nitrogen and oxygen atoms in total. The Bertz CT molecular complexity index is 678. The predicted molar refractivity (Wildman–Crippen MR) is 95.8 cm³/mol. The first kappa shape index (κ1) is 17.7. The quantitative estimate of drug-likeness (QED) is 0.740. The molecule has 1 heterocycles. The van der Waals surface area contributed by atoms with Gasteiger partial charge < -0.3 is 14.0 Å². The summed E-state index contributed by atoms with van der Waals surface area (Å²) in [7, 11) is 5.40. The van der Waals surface area contributed by atoms with Crippen LogP contribution < -0.4 is 9.47 Å². The molecule has 1 aromatic heterocycles. The van der Waals surface area contributed by atoms with Crippen LogP contribution in [0.25, 0.3) is 11.4 Å². The molecule has 0 radical (unpaired) electrons. The molecule has 3 rings (SSSR count). The number of ether oxygens (including phenoxy) is 2. The van der Waals surface area contributed by atoms with E-state index < -0.39 is 0 Å². The molecule has 1 aromatic carbocycles. The van der Waals surface area contributed by atoms with E-state index in [4.69, 9.17) is 14.0 Å². The van der Waals surface area contributed by atoms with Crippen molar-refractivity contribution in [3.05, 3.63) is 24.1 Å². The molecular formula is C19H27N3O3. The molecule has 1 saturated carbocycles. The molecule has 0 atom stereocenters. The highest BCUT2D eigenvalue weighted by Crippen LogP contribution is 2.31. The lowest BCUT2D eigenvalue weighted by molar-refractivity contribution is 0.187. The van der Waals surface area contributed by atoms with Crippen LogP contribution in [0.15, 0.2) is 22.7 Å². The van der Waals surface area contributed by atoms with Crippen LogP contribution in [0.1, 0.15) is 44.4 Å². The minimum Gasteiger partial charge on any atom is -0.497 e. The van der Waals surface area contributed by atoms with Crippen molar-refractivity contribution in [2.24, 2.45) is 0 Å². The number of rotatable bonds is 6. The van der Waals surface area contributed by atoms with Gasteiger partial charge in [-0.05, 0) is 32.0 Å². The van der Waals surface area contributed by atoms with Crippen LogP contribution in [-0.4, -0.2) is 42.3 Å². The summed E-state index contributed by atoms with van der Waals surface area (Å²) in [5.74, 6) is 2.59. The Labute approximate surface area is 149 Å². The molecule has 1 aliphatic rings. The van der Waals surface area contributed by atoms with Gasteiger partial charge >= 0.3 is 0 Å². The largest absolute Gasteiger partial charge is 0.497 e. The molecule has 6 heteroatoms. The number of benzene rings is 1. The lowest BCUT2D eigenvalue weighted by atomic mass is 10.1. The molecule has 136 valence electrons. The Morgan fingerprint density at radius 1 is 1.12 bits per heavy atom. The van der Waals surface area contributed by atoms with E-state index in [1.807, 2.05) is 18.2 Å². The third-order valence-electron chi connectivity index (χ3n) is 4.95. The maximum Gasteiger partial charge on any atom is 0.241 e. The number of aromatic nitrogens is 2. The Morgan fingerprint density at radius 3 is 2.56 bits per heavy atom. The minimum atomic E-state index is 0.545. The van der Waals surface area contributed by atoms with E-state index in [0.29, 0.717) is 30.1 Å². The number of methoxy groups -OCH3 is 2. The summed E-state index contributed by atoms with van der Waals surface area (Å²) in [6.07, 6.45) is 7.84. The molecule has 0 aliphatic heterocycles. The summed E-state index contributed by atoms with van der Waals surface area (Å²) in [4.78, 5) is 6.90. The van der Waals surface area contributed by atoms with Crippen LogP contribution in [0.2, 0.25) is 0 Å².